The van der Waals surface area contributed by atoms with E-state index in [1.807, 2.05) is 31.3 Å². The number of aromatic nitrogens is 1. The third-order valence-corrected chi connectivity index (χ3v) is 3.82. The summed E-state index contributed by atoms with van der Waals surface area (Å²) >= 11 is 3.37. The average Bonchev–Trinajstić information content (AvgIpc) is 2.47. The molecule has 22 heavy (non-hydrogen) atoms. The molecule has 0 spiro atoms. The number of halogens is 1. The molecule has 0 amide bonds. The first kappa shape index (κ1) is 14.7. The second kappa shape index (κ2) is 5.85. The molecule has 0 radical (unpaired) electrons. The maximum atomic E-state index is 12.4. The first-order chi connectivity index (χ1) is 10.5. The average molecular weight is 359 g/mol. The molecule has 0 unspecified atom stereocenters. The number of hydrogen-bond donors (Lipinski definition) is 0. The van der Waals surface area contributed by atoms with Gasteiger partial charge >= 0.3 is 5.63 Å². The van der Waals surface area contributed by atoms with Gasteiger partial charge in [-0.1, -0.05) is 15.9 Å². The summed E-state index contributed by atoms with van der Waals surface area (Å²) in [6, 6.07) is 10.7. The van der Waals surface area contributed by atoms with Crippen LogP contribution in [0.5, 0.6) is 0 Å². The first-order valence-electron chi connectivity index (χ1n) is 6.75. The van der Waals surface area contributed by atoms with Gasteiger partial charge < -0.3 is 4.42 Å². The summed E-state index contributed by atoms with van der Waals surface area (Å²) in [4.78, 5) is 24.4. The van der Waals surface area contributed by atoms with Crippen molar-refractivity contribution in [2.24, 2.45) is 0 Å². The van der Waals surface area contributed by atoms with Gasteiger partial charge in [-0.15, -0.1) is 0 Å². The number of rotatable bonds is 3. The summed E-state index contributed by atoms with van der Waals surface area (Å²) in [5, 5.41) is 0.714. The highest BCUT2D eigenvalue weighted by atomic mass is 79.9. The number of nitrogens with zero attached hydrogens (tertiary/aromatic N) is 1. The van der Waals surface area contributed by atoms with E-state index in [1.54, 1.807) is 29.0 Å². The molecule has 2 aromatic heterocycles. The topological polar surface area (TPSA) is 51.2 Å². The molecule has 0 fully saturated rings. The maximum Gasteiger partial charge on any atom is 0.347 e. The van der Waals surface area contributed by atoms with Crippen molar-refractivity contribution in [1.82, 2.24) is 0 Å². The van der Waals surface area contributed by atoms with Crippen molar-refractivity contribution in [2.75, 3.05) is 0 Å². The minimum atomic E-state index is -0.604. The smallest absolute Gasteiger partial charge is 0.347 e. The van der Waals surface area contributed by atoms with E-state index in [-0.39, 0.29) is 17.9 Å². The highest BCUT2D eigenvalue weighted by Crippen LogP contribution is 2.19. The van der Waals surface area contributed by atoms with E-state index in [4.69, 9.17) is 4.42 Å². The van der Waals surface area contributed by atoms with Crippen molar-refractivity contribution in [3.8, 4) is 0 Å². The summed E-state index contributed by atoms with van der Waals surface area (Å²) in [6.07, 6.45) is 3.65. The van der Waals surface area contributed by atoms with Crippen LogP contribution in [0.2, 0.25) is 0 Å². The lowest BCUT2D eigenvalue weighted by Crippen LogP contribution is -2.38. The third kappa shape index (κ3) is 2.99. The molecule has 0 atom stereocenters. The second-order valence-electron chi connectivity index (χ2n) is 5.11. The van der Waals surface area contributed by atoms with Crippen LogP contribution in [0.3, 0.4) is 0 Å². The predicted molar refractivity (Wildman–Crippen MR) is 85.9 cm³/mol. The Hall–Kier alpha value is -2.27. The number of carbonyl (C=O) groups excluding carboxylic acids is 1. The van der Waals surface area contributed by atoms with Crippen LogP contribution < -0.4 is 10.2 Å². The van der Waals surface area contributed by atoms with E-state index >= 15 is 0 Å². The highest BCUT2D eigenvalue weighted by molar-refractivity contribution is 9.10. The molecule has 110 valence electrons. The van der Waals surface area contributed by atoms with Crippen LogP contribution in [-0.2, 0) is 6.54 Å². The van der Waals surface area contributed by atoms with Crippen molar-refractivity contribution in [2.45, 2.75) is 13.5 Å². The number of fused-ring (bicyclic) bond motifs is 1. The van der Waals surface area contributed by atoms with E-state index in [0.29, 0.717) is 11.0 Å². The van der Waals surface area contributed by atoms with E-state index in [1.165, 1.54) is 0 Å². The second-order valence-corrected chi connectivity index (χ2v) is 6.02. The van der Waals surface area contributed by atoms with Crippen LogP contribution in [0.15, 0.2) is 62.5 Å². The van der Waals surface area contributed by atoms with Crippen LogP contribution in [-0.4, -0.2) is 5.78 Å². The first-order valence-corrected chi connectivity index (χ1v) is 7.54. The van der Waals surface area contributed by atoms with E-state index < -0.39 is 5.63 Å². The highest BCUT2D eigenvalue weighted by Gasteiger charge is 2.18. The van der Waals surface area contributed by atoms with Crippen molar-refractivity contribution < 1.29 is 13.8 Å². The SMILES string of the molecule is Cc1ccc[n+](CC(=O)c2cc3cc(Br)ccc3oc2=O)c1. The Balaban J connectivity index is 2.00. The monoisotopic (exact) mass is 358 g/mol. The molecule has 0 bridgehead atoms. The summed E-state index contributed by atoms with van der Waals surface area (Å²) in [5.41, 5.74) is 0.977. The Kier molecular flexibility index (Phi) is 3.90. The molecule has 0 aliphatic heterocycles. The third-order valence-electron chi connectivity index (χ3n) is 3.33. The summed E-state index contributed by atoms with van der Waals surface area (Å²) in [5.74, 6) is -0.272. The molecule has 3 aromatic rings. The maximum absolute atomic E-state index is 12.4. The van der Waals surface area contributed by atoms with Crippen LogP contribution in [0.4, 0.5) is 0 Å². The number of hydrogen-bond acceptors (Lipinski definition) is 3. The molecule has 0 N–H and O–H groups in total. The van der Waals surface area contributed by atoms with Gasteiger partial charge in [0.25, 0.3) is 0 Å². The van der Waals surface area contributed by atoms with Gasteiger partial charge in [0, 0.05) is 21.5 Å². The van der Waals surface area contributed by atoms with Gasteiger partial charge in [-0.25, -0.2) is 4.79 Å². The lowest BCUT2D eigenvalue weighted by Gasteiger charge is -2.01. The standard InChI is InChI=1S/C17H13BrNO3/c1-11-3-2-6-19(9-11)10-15(20)14-8-12-7-13(18)4-5-16(12)22-17(14)21/h2-9H,10H2,1H3/q+1. The van der Waals surface area contributed by atoms with Crippen LogP contribution in [0.1, 0.15) is 15.9 Å². The molecule has 0 aliphatic rings. The van der Waals surface area contributed by atoms with Crippen LogP contribution in [0.25, 0.3) is 11.0 Å². The Morgan fingerprint density at radius 3 is 2.86 bits per heavy atom. The van der Waals surface area contributed by atoms with E-state index in [9.17, 15) is 9.59 Å². The normalized spacial score (nSPS) is 10.8. The van der Waals surface area contributed by atoms with Gasteiger partial charge in [0.2, 0.25) is 12.3 Å². The molecule has 5 heteroatoms. The van der Waals surface area contributed by atoms with E-state index in [2.05, 4.69) is 15.9 Å². The molecule has 2 heterocycles. The molecule has 0 saturated heterocycles. The fourth-order valence-corrected chi connectivity index (χ4v) is 2.67. The zero-order valence-electron chi connectivity index (χ0n) is 11.9. The molecule has 0 saturated carbocycles. The number of benzene rings is 1. The molecule has 1 aromatic carbocycles. The largest absolute Gasteiger partial charge is 0.422 e. The summed E-state index contributed by atoms with van der Waals surface area (Å²) in [7, 11) is 0. The van der Waals surface area contributed by atoms with Gasteiger partial charge in [-0.2, -0.15) is 4.57 Å². The quantitative estimate of drug-likeness (QED) is 0.410. The van der Waals surface area contributed by atoms with Gasteiger partial charge in [0.15, 0.2) is 12.4 Å². The van der Waals surface area contributed by atoms with Crippen molar-refractivity contribution in [3.05, 3.63) is 74.8 Å². The van der Waals surface area contributed by atoms with Crippen molar-refractivity contribution in [3.63, 3.8) is 0 Å². The van der Waals surface area contributed by atoms with Crippen molar-refractivity contribution >= 4 is 32.7 Å². The van der Waals surface area contributed by atoms with Crippen molar-refractivity contribution in [1.29, 1.82) is 0 Å². The Morgan fingerprint density at radius 2 is 2.09 bits per heavy atom. The number of Topliss-reactive ketones (excluding diaryl/α,β-unsaturated/α-hetero) is 1. The number of ketones is 1. The van der Waals surface area contributed by atoms with Gasteiger partial charge in [-0.3, -0.25) is 4.79 Å². The number of pyridine rings is 1. The minimum absolute atomic E-state index is 0.0691. The van der Waals surface area contributed by atoms with E-state index in [0.717, 1.165) is 10.0 Å². The molecular weight excluding hydrogens is 346 g/mol. The zero-order valence-corrected chi connectivity index (χ0v) is 13.5. The Bertz CT molecular complexity index is 931. The van der Waals surface area contributed by atoms with Gasteiger partial charge in [-0.05, 0) is 37.3 Å². The molecular formula is C17H13BrNO3+. The minimum Gasteiger partial charge on any atom is -0.422 e. The Morgan fingerprint density at radius 1 is 1.27 bits per heavy atom. The fraction of sp³-hybridized carbons (Fsp3) is 0.118. The lowest BCUT2D eigenvalue weighted by atomic mass is 10.1. The number of aryl methyl sites for hydroxylation is 1. The molecule has 3 rings (SSSR count). The molecule has 4 nitrogen and oxygen atoms in total. The number of carbonyl (C=O) groups is 1. The molecule has 0 aliphatic carbocycles. The Labute approximate surface area is 135 Å². The summed E-state index contributed by atoms with van der Waals surface area (Å²) < 4.78 is 7.84. The predicted octanol–water partition coefficient (Wildman–Crippen LogP) is 3.03. The fourth-order valence-electron chi connectivity index (χ4n) is 2.29. The van der Waals surface area contributed by atoms with Gasteiger partial charge in [0.05, 0.1) is 0 Å². The summed E-state index contributed by atoms with van der Waals surface area (Å²) in [6.45, 7) is 2.05. The van der Waals surface area contributed by atoms with Gasteiger partial charge in [0.1, 0.15) is 11.1 Å². The van der Waals surface area contributed by atoms with Crippen LogP contribution >= 0.6 is 15.9 Å². The lowest BCUT2D eigenvalue weighted by molar-refractivity contribution is -0.683. The zero-order chi connectivity index (χ0) is 15.7. The van der Waals surface area contributed by atoms with Crippen LogP contribution in [0, 0.1) is 6.92 Å².